The summed E-state index contributed by atoms with van der Waals surface area (Å²) in [7, 11) is -1.09. The summed E-state index contributed by atoms with van der Waals surface area (Å²) in [4.78, 5) is 0. The summed E-state index contributed by atoms with van der Waals surface area (Å²) in [5.41, 5.74) is 2.41. The van der Waals surface area contributed by atoms with Crippen molar-refractivity contribution in [2.45, 2.75) is 19.4 Å². The highest BCUT2D eigenvalue weighted by molar-refractivity contribution is 7.88. The lowest BCUT2D eigenvalue weighted by molar-refractivity contribution is 0.268. The molecule has 0 radical (unpaired) electrons. The minimum absolute atomic E-state index is 0.560. The van der Waals surface area contributed by atoms with Crippen LogP contribution in [-0.2, 0) is 16.6 Å². The highest BCUT2D eigenvalue weighted by atomic mass is 32.2. The normalized spacial score (nSPS) is 17.8. The topological polar surface area (TPSA) is 61.4 Å². The van der Waals surface area contributed by atoms with Crippen molar-refractivity contribution in [2.75, 3.05) is 38.3 Å². The first-order chi connectivity index (χ1) is 10.0. The second-order valence-electron chi connectivity index (χ2n) is 5.64. The van der Waals surface area contributed by atoms with Crippen LogP contribution in [0.3, 0.4) is 0 Å². The molecule has 5 nitrogen and oxygen atoms in total. The van der Waals surface area contributed by atoms with Crippen molar-refractivity contribution < 1.29 is 8.42 Å². The highest BCUT2D eigenvalue weighted by Crippen LogP contribution is 2.19. The van der Waals surface area contributed by atoms with Crippen LogP contribution in [0.2, 0.25) is 0 Å². The maximum atomic E-state index is 11.5. The number of rotatable bonds is 6. The van der Waals surface area contributed by atoms with Crippen molar-refractivity contribution in [2.24, 2.45) is 5.92 Å². The molecule has 118 valence electrons. The van der Waals surface area contributed by atoms with Gasteiger partial charge < -0.3 is 10.6 Å². The third kappa shape index (κ3) is 4.69. The summed E-state index contributed by atoms with van der Waals surface area (Å²) in [6.45, 7) is 3.08. The summed E-state index contributed by atoms with van der Waals surface area (Å²) in [6, 6.07) is 8.26. The molecule has 0 amide bonds. The van der Waals surface area contributed by atoms with Crippen LogP contribution in [0.1, 0.15) is 18.4 Å². The number of para-hydroxylation sites is 1. The molecule has 0 spiro atoms. The molecule has 1 fully saturated rings. The highest BCUT2D eigenvalue weighted by Gasteiger charge is 2.24. The summed E-state index contributed by atoms with van der Waals surface area (Å²) >= 11 is 0. The van der Waals surface area contributed by atoms with Crippen molar-refractivity contribution in [1.82, 2.24) is 9.62 Å². The number of benzene rings is 1. The average molecular weight is 311 g/mol. The van der Waals surface area contributed by atoms with E-state index in [0.29, 0.717) is 19.0 Å². The van der Waals surface area contributed by atoms with Gasteiger partial charge in [-0.1, -0.05) is 18.2 Å². The SMILES string of the molecule is CNc1ccccc1CNCC1CCN(S(C)(=O)=O)CC1. The Morgan fingerprint density at radius 1 is 1.24 bits per heavy atom. The van der Waals surface area contributed by atoms with Gasteiger partial charge in [-0.15, -0.1) is 0 Å². The molecule has 1 aromatic rings. The molecule has 1 heterocycles. The summed E-state index contributed by atoms with van der Waals surface area (Å²) < 4.78 is 24.5. The Kier molecular flexibility index (Phi) is 5.61. The van der Waals surface area contributed by atoms with Crippen LogP contribution in [-0.4, -0.2) is 45.7 Å². The second-order valence-corrected chi connectivity index (χ2v) is 7.63. The summed E-state index contributed by atoms with van der Waals surface area (Å²) in [5, 5.41) is 6.68. The van der Waals surface area contributed by atoms with Crippen LogP contribution in [0.25, 0.3) is 0 Å². The predicted molar refractivity (Wildman–Crippen MR) is 86.8 cm³/mol. The fourth-order valence-electron chi connectivity index (χ4n) is 2.77. The number of sulfonamides is 1. The molecule has 1 aromatic carbocycles. The van der Waals surface area contributed by atoms with E-state index in [4.69, 9.17) is 0 Å². The van der Waals surface area contributed by atoms with Gasteiger partial charge in [-0.25, -0.2) is 12.7 Å². The first kappa shape index (κ1) is 16.3. The lowest BCUT2D eigenvalue weighted by Crippen LogP contribution is -2.40. The van der Waals surface area contributed by atoms with Gasteiger partial charge in [-0.05, 0) is 36.9 Å². The predicted octanol–water partition coefficient (Wildman–Crippen LogP) is 1.49. The number of nitrogens with zero attached hydrogens (tertiary/aromatic N) is 1. The van der Waals surface area contributed by atoms with Gasteiger partial charge in [0.1, 0.15) is 0 Å². The number of piperidine rings is 1. The van der Waals surface area contributed by atoms with Crippen molar-refractivity contribution in [3.8, 4) is 0 Å². The molecule has 1 saturated heterocycles. The van der Waals surface area contributed by atoms with E-state index in [-0.39, 0.29) is 0 Å². The van der Waals surface area contributed by atoms with Gasteiger partial charge in [-0.3, -0.25) is 0 Å². The van der Waals surface area contributed by atoms with Crippen molar-refractivity contribution in [3.63, 3.8) is 0 Å². The van der Waals surface area contributed by atoms with Crippen molar-refractivity contribution in [3.05, 3.63) is 29.8 Å². The lowest BCUT2D eigenvalue weighted by Gasteiger charge is -2.30. The third-order valence-corrected chi connectivity index (χ3v) is 5.38. The number of nitrogens with one attached hydrogen (secondary N) is 2. The van der Waals surface area contributed by atoms with Crippen LogP contribution in [0.4, 0.5) is 5.69 Å². The lowest BCUT2D eigenvalue weighted by atomic mass is 9.98. The first-order valence-electron chi connectivity index (χ1n) is 7.42. The Morgan fingerprint density at radius 2 is 1.90 bits per heavy atom. The fraction of sp³-hybridized carbons (Fsp3) is 0.600. The number of hydrogen-bond donors (Lipinski definition) is 2. The molecule has 0 unspecified atom stereocenters. The maximum Gasteiger partial charge on any atom is 0.211 e. The molecule has 0 saturated carbocycles. The van der Waals surface area contributed by atoms with Crippen LogP contribution < -0.4 is 10.6 Å². The quantitative estimate of drug-likeness (QED) is 0.835. The minimum Gasteiger partial charge on any atom is -0.388 e. The van der Waals surface area contributed by atoms with Crippen LogP contribution in [0.5, 0.6) is 0 Å². The van der Waals surface area contributed by atoms with Crippen molar-refractivity contribution >= 4 is 15.7 Å². The smallest absolute Gasteiger partial charge is 0.211 e. The van der Waals surface area contributed by atoms with E-state index < -0.39 is 10.0 Å². The Morgan fingerprint density at radius 3 is 2.52 bits per heavy atom. The molecule has 0 aromatic heterocycles. The zero-order valence-corrected chi connectivity index (χ0v) is 13.6. The van der Waals surface area contributed by atoms with E-state index >= 15 is 0 Å². The molecule has 1 aliphatic heterocycles. The minimum atomic E-state index is -3.02. The van der Waals surface area contributed by atoms with E-state index in [9.17, 15) is 8.42 Å². The molecule has 2 N–H and O–H groups in total. The summed E-state index contributed by atoms with van der Waals surface area (Å²) in [6.07, 6.45) is 3.17. The molecular formula is C15H25N3O2S. The number of hydrogen-bond acceptors (Lipinski definition) is 4. The second kappa shape index (κ2) is 7.24. The third-order valence-electron chi connectivity index (χ3n) is 4.08. The van der Waals surface area contributed by atoms with E-state index in [1.165, 1.54) is 11.8 Å². The molecule has 0 aliphatic carbocycles. The molecule has 6 heteroatoms. The molecule has 2 rings (SSSR count). The van der Waals surface area contributed by atoms with E-state index in [0.717, 1.165) is 31.6 Å². The Labute approximate surface area is 127 Å². The number of anilines is 1. The standard InChI is InChI=1S/C15H25N3O2S/c1-16-15-6-4-3-5-14(15)12-17-11-13-7-9-18(10-8-13)21(2,19)20/h3-6,13,16-17H,7-12H2,1-2H3. The van der Waals surface area contributed by atoms with Crippen LogP contribution in [0.15, 0.2) is 24.3 Å². The van der Waals surface area contributed by atoms with E-state index in [2.05, 4.69) is 22.8 Å². The molecule has 0 atom stereocenters. The Hall–Kier alpha value is -1.11. The van der Waals surface area contributed by atoms with Gasteiger partial charge in [-0.2, -0.15) is 0 Å². The maximum absolute atomic E-state index is 11.5. The largest absolute Gasteiger partial charge is 0.388 e. The van der Waals surface area contributed by atoms with Crippen molar-refractivity contribution in [1.29, 1.82) is 0 Å². The van der Waals surface area contributed by atoms with E-state index in [1.807, 2.05) is 19.2 Å². The molecule has 21 heavy (non-hydrogen) atoms. The zero-order valence-electron chi connectivity index (χ0n) is 12.8. The van der Waals surface area contributed by atoms with Gasteiger partial charge >= 0.3 is 0 Å². The Bertz CT molecular complexity index is 552. The molecule has 0 bridgehead atoms. The van der Waals surface area contributed by atoms with Crippen LogP contribution in [0, 0.1) is 5.92 Å². The van der Waals surface area contributed by atoms with Gasteiger partial charge in [0.25, 0.3) is 0 Å². The molecule has 1 aliphatic rings. The zero-order chi connectivity index (χ0) is 15.3. The first-order valence-corrected chi connectivity index (χ1v) is 9.27. The Balaban J connectivity index is 1.75. The summed E-state index contributed by atoms with van der Waals surface area (Å²) in [5.74, 6) is 0.560. The van der Waals surface area contributed by atoms with Gasteiger partial charge in [0, 0.05) is 32.4 Å². The van der Waals surface area contributed by atoms with Gasteiger partial charge in [0.15, 0.2) is 0 Å². The average Bonchev–Trinajstić information content (AvgIpc) is 2.47. The van der Waals surface area contributed by atoms with Crippen LogP contribution >= 0.6 is 0 Å². The van der Waals surface area contributed by atoms with Gasteiger partial charge in [0.05, 0.1) is 6.26 Å². The van der Waals surface area contributed by atoms with E-state index in [1.54, 1.807) is 4.31 Å². The van der Waals surface area contributed by atoms with Gasteiger partial charge in [0.2, 0.25) is 10.0 Å². The molecular weight excluding hydrogens is 286 g/mol. The monoisotopic (exact) mass is 311 g/mol. The fourth-order valence-corrected chi connectivity index (χ4v) is 3.65.